The molecule has 0 aliphatic carbocycles. The molecule has 0 spiro atoms. The van der Waals surface area contributed by atoms with Gasteiger partial charge in [0.25, 0.3) is 11.8 Å². The summed E-state index contributed by atoms with van der Waals surface area (Å²) in [5.74, 6) is 0.190. The average molecular weight is 468 g/mol. The van der Waals surface area contributed by atoms with Crippen LogP contribution in [-0.4, -0.2) is 38.3 Å². The Morgan fingerprint density at radius 3 is 2.58 bits per heavy atom. The summed E-state index contributed by atoms with van der Waals surface area (Å²) < 4.78 is 11.6. The molecule has 3 aromatic rings. The molecule has 1 aromatic heterocycles. The third-order valence-electron chi connectivity index (χ3n) is 5.18. The predicted octanol–water partition coefficient (Wildman–Crippen LogP) is 4.75. The number of methoxy groups -OCH3 is 2. The van der Waals surface area contributed by atoms with Crippen molar-refractivity contribution in [1.82, 2.24) is 10.7 Å². The van der Waals surface area contributed by atoms with E-state index in [-0.39, 0.29) is 12.5 Å². The SMILES string of the molecule is CCCCC/C(=N/NC(=O)CNC(=O)c1ccc(OC)c(OC)c1)c1csc2ccccc12. The van der Waals surface area contributed by atoms with E-state index in [1.54, 1.807) is 29.5 Å². The van der Waals surface area contributed by atoms with Crippen LogP contribution in [0.5, 0.6) is 11.5 Å². The number of hydrazone groups is 1. The topological polar surface area (TPSA) is 89.0 Å². The third-order valence-corrected chi connectivity index (χ3v) is 6.14. The highest BCUT2D eigenvalue weighted by atomic mass is 32.1. The van der Waals surface area contributed by atoms with Crippen LogP contribution in [0.25, 0.3) is 10.1 Å². The first kappa shape index (κ1) is 24.3. The summed E-state index contributed by atoms with van der Waals surface area (Å²) in [6, 6.07) is 13.0. The molecule has 0 bridgehead atoms. The number of hydrogen-bond donors (Lipinski definition) is 2. The van der Waals surface area contributed by atoms with Crippen molar-refractivity contribution in [1.29, 1.82) is 0 Å². The molecule has 0 fully saturated rings. The molecular formula is C25H29N3O4S. The van der Waals surface area contributed by atoms with Crippen molar-refractivity contribution in [2.75, 3.05) is 20.8 Å². The molecule has 3 rings (SSSR count). The van der Waals surface area contributed by atoms with Gasteiger partial charge < -0.3 is 14.8 Å². The Bertz CT molecular complexity index is 1140. The minimum Gasteiger partial charge on any atom is -0.493 e. The lowest BCUT2D eigenvalue weighted by Crippen LogP contribution is -2.35. The number of nitrogens with one attached hydrogen (secondary N) is 2. The molecule has 2 amide bonds. The van der Waals surface area contributed by atoms with Gasteiger partial charge in [0.1, 0.15) is 0 Å². The molecule has 0 aliphatic rings. The highest BCUT2D eigenvalue weighted by Crippen LogP contribution is 2.28. The highest BCUT2D eigenvalue weighted by Gasteiger charge is 2.13. The van der Waals surface area contributed by atoms with Gasteiger partial charge in [-0.05, 0) is 37.1 Å². The van der Waals surface area contributed by atoms with Crippen LogP contribution in [0.1, 0.15) is 48.5 Å². The second-order valence-corrected chi connectivity index (χ2v) is 8.36. The normalized spacial score (nSPS) is 11.3. The number of rotatable bonds is 11. The molecule has 0 unspecified atom stereocenters. The Morgan fingerprint density at radius 1 is 1.03 bits per heavy atom. The Kier molecular flexibility index (Phi) is 8.83. The number of ether oxygens (including phenoxy) is 2. The second kappa shape index (κ2) is 12.0. The van der Waals surface area contributed by atoms with Gasteiger partial charge >= 0.3 is 0 Å². The van der Waals surface area contributed by atoms with E-state index in [2.05, 4.69) is 40.3 Å². The summed E-state index contributed by atoms with van der Waals surface area (Å²) in [5, 5.41) is 10.3. The van der Waals surface area contributed by atoms with Gasteiger partial charge in [-0.3, -0.25) is 9.59 Å². The van der Waals surface area contributed by atoms with Crippen molar-refractivity contribution in [3.05, 3.63) is 59.0 Å². The summed E-state index contributed by atoms with van der Waals surface area (Å²) in [5.41, 5.74) is 4.86. The predicted molar refractivity (Wildman–Crippen MR) is 133 cm³/mol. The summed E-state index contributed by atoms with van der Waals surface area (Å²) in [4.78, 5) is 24.8. The Balaban J connectivity index is 1.65. The standard InChI is InChI=1S/C25H29N3O4S/c1-4-5-6-10-20(19-16-33-23-11-8-7-9-18(19)23)27-28-24(29)15-26-25(30)17-12-13-21(31-2)22(14-17)32-3/h7-9,11-14,16H,4-6,10,15H2,1-3H3,(H,26,30)(H,28,29)/b27-20-. The minimum atomic E-state index is -0.392. The summed E-state index contributed by atoms with van der Waals surface area (Å²) in [6.45, 7) is 1.96. The van der Waals surface area contributed by atoms with Crippen molar-refractivity contribution in [2.45, 2.75) is 32.6 Å². The van der Waals surface area contributed by atoms with Gasteiger partial charge in [-0.15, -0.1) is 11.3 Å². The summed E-state index contributed by atoms with van der Waals surface area (Å²) in [7, 11) is 3.03. The van der Waals surface area contributed by atoms with Crippen molar-refractivity contribution in [2.24, 2.45) is 5.10 Å². The zero-order chi connectivity index (χ0) is 23.6. The van der Waals surface area contributed by atoms with E-state index in [4.69, 9.17) is 9.47 Å². The van der Waals surface area contributed by atoms with Crippen molar-refractivity contribution in [3.63, 3.8) is 0 Å². The molecule has 2 N–H and O–H groups in total. The minimum absolute atomic E-state index is 0.191. The smallest absolute Gasteiger partial charge is 0.259 e. The van der Waals surface area contributed by atoms with Gasteiger partial charge in [-0.1, -0.05) is 38.0 Å². The number of hydrogen-bond acceptors (Lipinski definition) is 6. The van der Waals surface area contributed by atoms with Gasteiger partial charge in [0, 0.05) is 26.6 Å². The lowest BCUT2D eigenvalue weighted by atomic mass is 10.0. The van der Waals surface area contributed by atoms with Gasteiger partial charge in [-0.25, -0.2) is 5.43 Å². The fraction of sp³-hybridized carbons (Fsp3) is 0.320. The Morgan fingerprint density at radius 2 is 1.82 bits per heavy atom. The molecule has 0 aliphatic heterocycles. The van der Waals surface area contributed by atoms with E-state index < -0.39 is 5.91 Å². The van der Waals surface area contributed by atoms with Crippen molar-refractivity contribution in [3.8, 4) is 11.5 Å². The maximum Gasteiger partial charge on any atom is 0.259 e. The van der Waals surface area contributed by atoms with E-state index in [0.29, 0.717) is 17.1 Å². The zero-order valence-electron chi connectivity index (χ0n) is 19.1. The van der Waals surface area contributed by atoms with E-state index in [1.807, 2.05) is 12.1 Å². The summed E-state index contributed by atoms with van der Waals surface area (Å²) >= 11 is 1.66. The quantitative estimate of drug-likeness (QED) is 0.242. The first-order valence-corrected chi connectivity index (χ1v) is 11.8. The van der Waals surface area contributed by atoms with E-state index in [0.717, 1.165) is 42.3 Å². The van der Waals surface area contributed by atoms with Crippen molar-refractivity contribution < 1.29 is 19.1 Å². The number of benzene rings is 2. The number of amides is 2. The van der Waals surface area contributed by atoms with Crippen LogP contribution in [0, 0.1) is 0 Å². The number of carbonyl (C=O) groups excluding carboxylic acids is 2. The largest absolute Gasteiger partial charge is 0.493 e. The van der Waals surface area contributed by atoms with Crippen LogP contribution < -0.4 is 20.2 Å². The second-order valence-electron chi connectivity index (χ2n) is 7.45. The first-order chi connectivity index (χ1) is 16.1. The van der Waals surface area contributed by atoms with Crippen molar-refractivity contribution >= 4 is 38.9 Å². The lowest BCUT2D eigenvalue weighted by Gasteiger charge is -2.10. The number of carbonyl (C=O) groups is 2. The molecule has 0 radical (unpaired) electrons. The monoisotopic (exact) mass is 467 g/mol. The number of unbranched alkanes of at least 4 members (excludes halogenated alkanes) is 2. The molecule has 33 heavy (non-hydrogen) atoms. The van der Waals surface area contributed by atoms with Gasteiger partial charge in [0.05, 0.1) is 26.5 Å². The molecule has 2 aromatic carbocycles. The molecule has 0 atom stereocenters. The molecular weight excluding hydrogens is 438 g/mol. The molecule has 8 heteroatoms. The van der Waals surface area contributed by atoms with E-state index in [9.17, 15) is 9.59 Å². The molecule has 0 saturated carbocycles. The van der Waals surface area contributed by atoms with Crippen LogP contribution >= 0.6 is 11.3 Å². The van der Waals surface area contributed by atoms with Crippen LogP contribution in [0.2, 0.25) is 0 Å². The molecule has 174 valence electrons. The van der Waals surface area contributed by atoms with Crippen LogP contribution in [0.3, 0.4) is 0 Å². The summed E-state index contributed by atoms with van der Waals surface area (Å²) in [6.07, 6.45) is 3.96. The average Bonchev–Trinajstić information content (AvgIpc) is 3.28. The molecule has 1 heterocycles. The maximum atomic E-state index is 12.4. The molecule has 0 saturated heterocycles. The third kappa shape index (κ3) is 6.32. The van der Waals surface area contributed by atoms with Crippen LogP contribution in [0.15, 0.2) is 52.9 Å². The van der Waals surface area contributed by atoms with Crippen LogP contribution in [-0.2, 0) is 4.79 Å². The van der Waals surface area contributed by atoms with Gasteiger partial charge in [0.15, 0.2) is 11.5 Å². The number of fused-ring (bicyclic) bond motifs is 1. The fourth-order valence-electron chi connectivity index (χ4n) is 3.40. The van der Waals surface area contributed by atoms with Crippen LogP contribution in [0.4, 0.5) is 0 Å². The number of thiophene rings is 1. The Labute approximate surface area is 197 Å². The Hall–Kier alpha value is -3.39. The number of nitrogens with zero attached hydrogens (tertiary/aromatic N) is 1. The highest BCUT2D eigenvalue weighted by molar-refractivity contribution is 7.17. The lowest BCUT2D eigenvalue weighted by molar-refractivity contribution is -0.120. The van der Waals surface area contributed by atoms with E-state index >= 15 is 0 Å². The van der Waals surface area contributed by atoms with Gasteiger partial charge in [-0.2, -0.15) is 5.10 Å². The van der Waals surface area contributed by atoms with E-state index in [1.165, 1.54) is 18.9 Å². The zero-order valence-corrected chi connectivity index (χ0v) is 20.0. The fourth-order valence-corrected chi connectivity index (χ4v) is 4.37. The maximum absolute atomic E-state index is 12.4. The molecule has 7 nitrogen and oxygen atoms in total. The van der Waals surface area contributed by atoms with Gasteiger partial charge in [0.2, 0.25) is 0 Å². The first-order valence-electron chi connectivity index (χ1n) is 10.9.